The molecule has 4 rings (SSSR count). The van der Waals surface area contributed by atoms with E-state index < -0.39 is 35.3 Å². The molecular weight excluding hydrogens is 372 g/mol. The van der Waals surface area contributed by atoms with Gasteiger partial charge in [0, 0.05) is 25.1 Å². The number of nitrogens with zero attached hydrogens (tertiary/aromatic N) is 1. The molecule has 0 bridgehead atoms. The molecule has 2 N–H and O–H groups in total. The molecule has 0 radical (unpaired) electrons. The minimum atomic E-state index is -1.43. The number of benzene rings is 2. The number of hydrogen-bond donors (Lipinski definition) is 2. The zero-order chi connectivity index (χ0) is 20.8. The number of rotatable bonds is 4. The molecule has 2 fully saturated rings. The Balaban J connectivity index is 1.88. The highest BCUT2D eigenvalue weighted by Gasteiger charge is 2.68. The maximum Gasteiger partial charge on any atom is 0.327 e. The van der Waals surface area contributed by atoms with E-state index in [2.05, 4.69) is 5.32 Å². The quantitative estimate of drug-likeness (QED) is 0.602. The van der Waals surface area contributed by atoms with E-state index in [4.69, 9.17) is 4.74 Å². The van der Waals surface area contributed by atoms with Crippen molar-refractivity contribution < 1.29 is 24.2 Å². The Hall–Kier alpha value is -3.19. The summed E-state index contributed by atoms with van der Waals surface area (Å²) in [5, 5.41) is 13.6. The van der Waals surface area contributed by atoms with Crippen LogP contribution in [0.3, 0.4) is 0 Å². The molecule has 2 aliphatic heterocycles. The molecule has 0 saturated carbocycles. The summed E-state index contributed by atoms with van der Waals surface area (Å²) in [6.45, 7) is 0. The average Bonchev–Trinajstić information content (AvgIpc) is 3.18. The number of ether oxygens (including phenoxy) is 1. The lowest BCUT2D eigenvalue weighted by Gasteiger charge is -2.32. The molecule has 0 aliphatic carbocycles. The number of imide groups is 1. The van der Waals surface area contributed by atoms with Gasteiger partial charge in [-0.25, -0.2) is 0 Å². The maximum absolute atomic E-state index is 13.1. The summed E-state index contributed by atoms with van der Waals surface area (Å²) in [6.07, 6.45) is 0.179. The third kappa shape index (κ3) is 2.81. The number of likely N-dealkylation sites (tertiary alicyclic amines) is 1. The predicted octanol–water partition coefficient (Wildman–Crippen LogP) is 1.42. The molecule has 7 heteroatoms. The third-order valence-electron chi connectivity index (χ3n) is 6.02. The van der Waals surface area contributed by atoms with Crippen molar-refractivity contribution in [1.82, 2.24) is 10.2 Å². The fourth-order valence-corrected chi connectivity index (χ4v) is 4.69. The van der Waals surface area contributed by atoms with Crippen LogP contribution in [0.25, 0.3) is 0 Å². The topological polar surface area (TPSA) is 95.9 Å². The van der Waals surface area contributed by atoms with E-state index in [9.17, 15) is 19.5 Å². The first-order chi connectivity index (χ1) is 13.9. The number of methoxy groups -OCH3 is 1. The van der Waals surface area contributed by atoms with Crippen LogP contribution in [0, 0.1) is 11.8 Å². The van der Waals surface area contributed by atoms with Crippen molar-refractivity contribution in [1.29, 1.82) is 0 Å². The van der Waals surface area contributed by atoms with Gasteiger partial charge in [-0.3, -0.25) is 24.6 Å². The van der Waals surface area contributed by atoms with Crippen LogP contribution in [0.1, 0.15) is 17.2 Å². The lowest BCUT2D eigenvalue weighted by molar-refractivity contribution is -0.153. The number of aromatic hydroxyl groups is 1. The van der Waals surface area contributed by atoms with Gasteiger partial charge in [-0.15, -0.1) is 0 Å². The van der Waals surface area contributed by atoms with Crippen molar-refractivity contribution in [3.8, 4) is 5.75 Å². The molecule has 2 aliphatic rings. The minimum absolute atomic E-state index is 0.000992. The summed E-state index contributed by atoms with van der Waals surface area (Å²) >= 11 is 0. The summed E-state index contributed by atoms with van der Waals surface area (Å²) in [4.78, 5) is 40.2. The van der Waals surface area contributed by atoms with Crippen LogP contribution < -0.4 is 5.32 Å². The Labute approximate surface area is 168 Å². The minimum Gasteiger partial charge on any atom is -0.508 e. The highest BCUT2D eigenvalue weighted by atomic mass is 16.5. The highest BCUT2D eigenvalue weighted by Crippen LogP contribution is 2.51. The first-order valence-corrected chi connectivity index (χ1v) is 9.40. The number of esters is 1. The second kappa shape index (κ2) is 7.00. The van der Waals surface area contributed by atoms with Gasteiger partial charge in [0.1, 0.15) is 11.3 Å². The molecule has 2 aromatic rings. The zero-order valence-corrected chi connectivity index (χ0v) is 16.2. The van der Waals surface area contributed by atoms with Gasteiger partial charge in [-0.1, -0.05) is 48.5 Å². The standard InChI is InChI=1S/C22H22N2O5/c1-24-19(26)16-17(20(24)27)22(21(28)29-2,12-13-8-4-3-5-9-13)23-18(16)14-10-6-7-11-15(14)25/h3-11,16-18,23,25H,12H2,1-2H3/t16-,17-,18-,22-/m0/s1. The summed E-state index contributed by atoms with van der Waals surface area (Å²) in [6, 6.07) is 15.2. The van der Waals surface area contributed by atoms with E-state index in [0.717, 1.165) is 10.5 Å². The number of carbonyl (C=O) groups is 3. The number of phenolic OH excluding ortho intramolecular Hbond substituents is 1. The summed E-state index contributed by atoms with van der Waals surface area (Å²) in [7, 11) is 2.69. The number of nitrogens with one attached hydrogen (secondary N) is 1. The molecule has 7 nitrogen and oxygen atoms in total. The van der Waals surface area contributed by atoms with Crippen LogP contribution in [0.15, 0.2) is 54.6 Å². The number of fused-ring (bicyclic) bond motifs is 1. The normalized spacial score (nSPS) is 28.5. The second-order valence-electron chi connectivity index (χ2n) is 7.55. The van der Waals surface area contributed by atoms with Crippen molar-refractivity contribution in [2.45, 2.75) is 18.0 Å². The Morgan fingerprint density at radius 1 is 1.10 bits per heavy atom. The van der Waals surface area contributed by atoms with Gasteiger partial charge >= 0.3 is 5.97 Å². The molecule has 2 aromatic carbocycles. The monoisotopic (exact) mass is 394 g/mol. The van der Waals surface area contributed by atoms with Crippen LogP contribution in [0.2, 0.25) is 0 Å². The van der Waals surface area contributed by atoms with Crippen LogP contribution in [0.5, 0.6) is 5.75 Å². The fraction of sp³-hybridized carbons (Fsp3) is 0.318. The largest absolute Gasteiger partial charge is 0.508 e. The molecule has 4 atom stereocenters. The number of carbonyl (C=O) groups excluding carboxylic acids is 3. The van der Waals surface area contributed by atoms with E-state index in [-0.39, 0.29) is 18.1 Å². The predicted molar refractivity (Wildman–Crippen MR) is 104 cm³/mol. The number of phenols is 1. The molecular formula is C22H22N2O5. The lowest BCUT2D eigenvalue weighted by atomic mass is 9.76. The third-order valence-corrected chi connectivity index (χ3v) is 6.02. The summed E-state index contributed by atoms with van der Waals surface area (Å²) < 4.78 is 5.11. The molecule has 0 aromatic heterocycles. The Morgan fingerprint density at radius 3 is 2.41 bits per heavy atom. The van der Waals surface area contributed by atoms with Crippen LogP contribution in [0.4, 0.5) is 0 Å². The molecule has 2 heterocycles. The van der Waals surface area contributed by atoms with Gasteiger partial charge in [-0.2, -0.15) is 0 Å². The smallest absolute Gasteiger partial charge is 0.327 e. The first kappa shape index (κ1) is 19.1. The first-order valence-electron chi connectivity index (χ1n) is 9.40. The number of hydrogen-bond acceptors (Lipinski definition) is 6. The van der Waals surface area contributed by atoms with Gasteiger partial charge in [0.15, 0.2) is 0 Å². The Kier molecular flexibility index (Phi) is 4.62. The second-order valence-corrected chi connectivity index (χ2v) is 7.55. The van der Waals surface area contributed by atoms with Crippen molar-refractivity contribution in [2.75, 3.05) is 14.2 Å². The van der Waals surface area contributed by atoms with E-state index in [1.54, 1.807) is 18.2 Å². The number of para-hydroxylation sites is 1. The maximum atomic E-state index is 13.1. The number of amides is 2. The lowest BCUT2D eigenvalue weighted by Crippen LogP contribution is -2.57. The summed E-state index contributed by atoms with van der Waals surface area (Å²) in [5.41, 5.74) is -0.125. The van der Waals surface area contributed by atoms with E-state index >= 15 is 0 Å². The van der Waals surface area contributed by atoms with E-state index in [0.29, 0.717) is 5.56 Å². The molecule has 2 amide bonds. The molecule has 29 heavy (non-hydrogen) atoms. The zero-order valence-electron chi connectivity index (χ0n) is 16.2. The molecule has 150 valence electrons. The van der Waals surface area contributed by atoms with Crippen molar-refractivity contribution in [2.24, 2.45) is 11.8 Å². The van der Waals surface area contributed by atoms with Gasteiger partial charge in [0.25, 0.3) is 0 Å². The van der Waals surface area contributed by atoms with Crippen molar-refractivity contribution >= 4 is 17.8 Å². The van der Waals surface area contributed by atoms with E-state index in [1.807, 2.05) is 30.3 Å². The van der Waals surface area contributed by atoms with Gasteiger partial charge < -0.3 is 9.84 Å². The van der Waals surface area contributed by atoms with E-state index in [1.165, 1.54) is 20.2 Å². The molecule has 2 saturated heterocycles. The van der Waals surface area contributed by atoms with Gasteiger partial charge in [0.2, 0.25) is 11.8 Å². The molecule has 0 unspecified atom stereocenters. The fourth-order valence-electron chi connectivity index (χ4n) is 4.69. The SMILES string of the molecule is COC(=O)[C@@]1(Cc2ccccc2)N[C@@H](c2ccccc2O)[C@H]2C(=O)N(C)C(=O)[C@H]21. The highest BCUT2D eigenvalue weighted by molar-refractivity contribution is 6.09. The molecule has 0 spiro atoms. The van der Waals surface area contributed by atoms with Gasteiger partial charge in [0.05, 0.1) is 18.9 Å². The summed E-state index contributed by atoms with van der Waals surface area (Å²) in [5.74, 6) is -3.16. The van der Waals surface area contributed by atoms with Crippen molar-refractivity contribution in [3.63, 3.8) is 0 Å². The van der Waals surface area contributed by atoms with Crippen LogP contribution in [-0.2, 0) is 25.5 Å². The van der Waals surface area contributed by atoms with Crippen LogP contribution >= 0.6 is 0 Å². The Morgan fingerprint density at radius 2 is 1.76 bits per heavy atom. The Bertz CT molecular complexity index is 976. The van der Waals surface area contributed by atoms with Crippen LogP contribution in [-0.4, -0.2) is 47.5 Å². The van der Waals surface area contributed by atoms with Gasteiger partial charge in [-0.05, 0) is 11.6 Å². The van der Waals surface area contributed by atoms with Crippen molar-refractivity contribution in [3.05, 3.63) is 65.7 Å². The average molecular weight is 394 g/mol.